The van der Waals surface area contributed by atoms with Crippen molar-refractivity contribution in [2.24, 2.45) is 0 Å². The number of benzene rings is 2. The van der Waals surface area contributed by atoms with E-state index in [0.29, 0.717) is 11.3 Å². The van der Waals surface area contributed by atoms with Crippen LogP contribution in [-0.2, 0) is 20.6 Å². The Hall–Kier alpha value is -2.30. The number of nitriles is 1. The highest BCUT2D eigenvalue weighted by atomic mass is 32.2. The van der Waals surface area contributed by atoms with Crippen LogP contribution in [0, 0.1) is 11.3 Å². The molecule has 0 radical (unpaired) electrons. The van der Waals surface area contributed by atoms with Gasteiger partial charge in [0.2, 0.25) is 15.9 Å². The quantitative estimate of drug-likeness (QED) is 0.767. The fourth-order valence-electron chi connectivity index (χ4n) is 2.00. The summed E-state index contributed by atoms with van der Waals surface area (Å²) in [5.41, 5.74) is 0.661. The second-order valence-electron chi connectivity index (χ2n) is 4.96. The number of hydrogen-bond acceptors (Lipinski definition) is 5. The third-order valence-corrected chi connectivity index (χ3v) is 5.34. The molecule has 1 amide bonds. The number of carbonyl (C=O) groups excluding carboxylic acids is 1. The molecular formula is C17H16N2O3S2. The third-order valence-electron chi connectivity index (χ3n) is 3.09. The van der Waals surface area contributed by atoms with Crippen molar-refractivity contribution in [3.05, 3.63) is 65.7 Å². The van der Waals surface area contributed by atoms with Crippen molar-refractivity contribution in [1.82, 2.24) is 4.72 Å². The molecule has 0 fully saturated rings. The number of rotatable bonds is 7. The molecule has 24 heavy (non-hydrogen) atoms. The van der Waals surface area contributed by atoms with Crippen LogP contribution in [0.4, 0.5) is 0 Å². The van der Waals surface area contributed by atoms with Gasteiger partial charge in [0, 0.05) is 17.1 Å². The van der Waals surface area contributed by atoms with Crippen molar-refractivity contribution in [1.29, 1.82) is 5.26 Å². The minimum absolute atomic E-state index is 0.0959. The molecule has 0 unspecified atom stereocenters. The second-order valence-corrected chi connectivity index (χ2v) is 7.86. The molecular weight excluding hydrogens is 344 g/mol. The van der Waals surface area contributed by atoms with Gasteiger partial charge in [-0.25, -0.2) is 8.42 Å². The summed E-state index contributed by atoms with van der Waals surface area (Å²) in [6.07, 6.45) is 0.0959. The van der Waals surface area contributed by atoms with Crippen LogP contribution in [-0.4, -0.2) is 20.1 Å². The van der Waals surface area contributed by atoms with Gasteiger partial charge in [-0.05, 0) is 23.8 Å². The molecule has 1 N–H and O–H groups in total. The van der Waals surface area contributed by atoms with Gasteiger partial charge >= 0.3 is 0 Å². The van der Waals surface area contributed by atoms with Crippen LogP contribution in [0.25, 0.3) is 0 Å². The molecule has 2 aromatic rings. The second kappa shape index (κ2) is 8.52. The lowest BCUT2D eigenvalue weighted by Crippen LogP contribution is -2.32. The molecule has 0 spiro atoms. The number of nitrogens with zero attached hydrogens (tertiary/aromatic N) is 1. The number of carbonyl (C=O) groups is 1. The molecule has 2 aromatic carbocycles. The summed E-state index contributed by atoms with van der Waals surface area (Å²) in [6, 6.07) is 17.9. The van der Waals surface area contributed by atoms with E-state index in [9.17, 15) is 13.2 Å². The Morgan fingerprint density at radius 2 is 1.75 bits per heavy atom. The molecule has 124 valence electrons. The largest absolute Gasteiger partial charge is 0.274 e. The lowest BCUT2D eigenvalue weighted by atomic mass is 10.1. The Labute approximate surface area is 145 Å². The van der Waals surface area contributed by atoms with Crippen molar-refractivity contribution in [3.63, 3.8) is 0 Å². The van der Waals surface area contributed by atoms with Crippen LogP contribution in [0.15, 0.2) is 59.5 Å². The Kier molecular flexibility index (Phi) is 6.41. The van der Waals surface area contributed by atoms with E-state index in [1.807, 2.05) is 36.4 Å². The van der Waals surface area contributed by atoms with Gasteiger partial charge < -0.3 is 0 Å². The average molecular weight is 360 g/mol. The summed E-state index contributed by atoms with van der Waals surface area (Å²) >= 11 is 1.49. The molecule has 0 heterocycles. The normalized spacial score (nSPS) is 10.8. The van der Waals surface area contributed by atoms with E-state index in [-0.39, 0.29) is 12.0 Å². The van der Waals surface area contributed by atoms with Crippen LogP contribution in [0.3, 0.4) is 0 Å². The van der Waals surface area contributed by atoms with E-state index in [1.54, 1.807) is 24.3 Å². The first kappa shape index (κ1) is 18.0. The van der Waals surface area contributed by atoms with Crippen LogP contribution in [0.1, 0.15) is 17.5 Å². The van der Waals surface area contributed by atoms with Crippen molar-refractivity contribution >= 4 is 27.7 Å². The third kappa shape index (κ3) is 5.72. The number of sulfonamides is 1. The van der Waals surface area contributed by atoms with Crippen molar-refractivity contribution in [3.8, 4) is 6.07 Å². The maximum atomic E-state index is 12.1. The van der Waals surface area contributed by atoms with E-state index in [1.165, 1.54) is 11.8 Å². The predicted octanol–water partition coefficient (Wildman–Crippen LogP) is 2.69. The zero-order valence-corrected chi connectivity index (χ0v) is 14.4. The summed E-state index contributed by atoms with van der Waals surface area (Å²) in [5, 5.41) is 8.99. The number of thioether (sulfide) groups is 1. The number of hydrogen-bond donors (Lipinski definition) is 1. The monoisotopic (exact) mass is 360 g/mol. The molecule has 0 aliphatic carbocycles. The Morgan fingerprint density at radius 1 is 1.08 bits per heavy atom. The molecule has 0 aromatic heterocycles. The summed E-state index contributed by atoms with van der Waals surface area (Å²) in [7, 11) is -3.82. The van der Waals surface area contributed by atoms with Crippen molar-refractivity contribution in [2.45, 2.75) is 17.1 Å². The molecule has 0 aliphatic heterocycles. The molecule has 0 saturated heterocycles. The molecule has 0 saturated carbocycles. The van der Waals surface area contributed by atoms with Gasteiger partial charge in [-0.3, -0.25) is 9.52 Å². The van der Waals surface area contributed by atoms with Crippen LogP contribution < -0.4 is 4.72 Å². The molecule has 2 rings (SSSR count). The summed E-state index contributed by atoms with van der Waals surface area (Å²) in [4.78, 5) is 12.8. The summed E-state index contributed by atoms with van der Waals surface area (Å²) in [6.45, 7) is 0. The minimum Gasteiger partial charge on any atom is -0.274 e. The van der Waals surface area contributed by atoms with E-state index < -0.39 is 21.7 Å². The first-order valence-corrected chi connectivity index (χ1v) is 9.83. The van der Waals surface area contributed by atoms with E-state index in [2.05, 4.69) is 4.72 Å². The highest BCUT2D eigenvalue weighted by Gasteiger charge is 2.17. The molecule has 5 nitrogen and oxygen atoms in total. The first-order valence-electron chi connectivity index (χ1n) is 7.19. The standard InChI is InChI=1S/C17H16N2O3S2/c18-12-14-6-4-5-7-15(14)13-24(21,22)19-17(20)10-11-23-16-8-2-1-3-9-16/h1-9H,10-11,13H2,(H,19,20). The van der Waals surface area contributed by atoms with Gasteiger partial charge in [-0.1, -0.05) is 36.4 Å². The molecule has 0 atom stereocenters. The molecule has 0 bridgehead atoms. The highest BCUT2D eigenvalue weighted by molar-refractivity contribution is 7.99. The molecule has 0 aliphatic rings. The Morgan fingerprint density at radius 3 is 2.46 bits per heavy atom. The zero-order chi connectivity index (χ0) is 17.4. The average Bonchev–Trinajstić information content (AvgIpc) is 2.55. The van der Waals surface area contributed by atoms with Crippen molar-refractivity contribution in [2.75, 3.05) is 5.75 Å². The van der Waals surface area contributed by atoms with E-state index in [4.69, 9.17) is 5.26 Å². The van der Waals surface area contributed by atoms with Gasteiger partial charge in [0.1, 0.15) is 0 Å². The topological polar surface area (TPSA) is 87.0 Å². The van der Waals surface area contributed by atoms with Gasteiger partial charge in [0.25, 0.3) is 0 Å². The summed E-state index contributed by atoms with van der Waals surface area (Å²) in [5.74, 6) is -0.457. The first-order chi connectivity index (χ1) is 11.5. The van der Waals surface area contributed by atoms with Crippen LogP contribution in [0.5, 0.6) is 0 Å². The fraction of sp³-hybridized carbons (Fsp3) is 0.176. The van der Waals surface area contributed by atoms with E-state index in [0.717, 1.165) is 4.90 Å². The Balaban J connectivity index is 1.87. The zero-order valence-electron chi connectivity index (χ0n) is 12.8. The van der Waals surface area contributed by atoms with Gasteiger partial charge in [0.15, 0.2) is 0 Å². The van der Waals surface area contributed by atoms with Gasteiger partial charge in [-0.15, -0.1) is 11.8 Å². The molecule has 7 heteroatoms. The smallest absolute Gasteiger partial charge is 0.239 e. The minimum atomic E-state index is -3.82. The fourth-order valence-corrected chi connectivity index (χ4v) is 4.05. The predicted molar refractivity (Wildman–Crippen MR) is 93.7 cm³/mol. The highest BCUT2D eigenvalue weighted by Crippen LogP contribution is 2.17. The number of nitrogens with one attached hydrogen (secondary N) is 1. The lowest BCUT2D eigenvalue weighted by molar-refractivity contribution is -0.118. The summed E-state index contributed by atoms with van der Waals surface area (Å²) < 4.78 is 26.2. The van der Waals surface area contributed by atoms with E-state index >= 15 is 0 Å². The van der Waals surface area contributed by atoms with Gasteiger partial charge in [-0.2, -0.15) is 5.26 Å². The van der Waals surface area contributed by atoms with Crippen LogP contribution in [0.2, 0.25) is 0 Å². The Bertz CT molecular complexity index is 844. The van der Waals surface area contributed by atoms with Crippen LogP contribution >= 0.6 is 11.8 Å². The van der Waals surface area contributed by atoms with Gasteiger partial charge in [0.05, 0.1) is 17.4 Å². The van der Waals surface area contributed by atoms with Crippen molar-refractivity contribution < 1.29 is 13.2 Å². The maximum Gasteiger partial charge on any atom is 0.239 e. The SMILES string of the molecule is N#Cc1ccccc1CS(=O)(=O)NC(=O)CCSc1ccccc1. The number of amides is 1. The lowest BCUT2D eigenvalue weighted by Gasteiger charge is -2.08. The maximum absolute atomic E-state index is 12.1.